The van der Waals surface area contributed by atoms with Crippen molar-refractivity contribution in [2.45, 2.75) is 51.6 Å². The molecule has 3 atom stereocenters. The molecule has 0 unspecified atom stereocenters. The molecule has 0 spiro atoms. The van der Waals surface area contributed by atoms with Crippen LogP contribution in [-0.2, 0) is 11.2 Å². The monoisotopic (exact) mass is 290 g/mol. The number of aromatic hydroxyl groups is 1. The molecular weight excluding hydrogens is 264 g/mol. The number of carbonyl (C=O) groups is 1. The summed E-state index contributed by atoms with van der Waals surface area (Å²) in [5, 5.41) is 15.8. The van der Waals surface area contributed by atoms with E-state index >= 15 is 0 Å². The zero-order valence-corrected chi connectivity index (χ0v) is 12.9. The Kier molecular flexibility index (Phi) is 5.62. The van der Waals surface area contributed by atoms with Crippen molar-refractivity contribution < 1.29 is 9.90 Å². The van der Waals surface area contributed by atoms with Crippen LogP contribution in [0.1, 0.15) is 38.7 Å². The minimum absolute atomic E-state index is 0.150. The SMILES string of the molecule is C[C@H](CCc1ccc(O)cc1)NC(=O)[C@H]1CCN[C@@H](C)C1. The molecule has 1 aliphatic heterocycles. The first-order valence-electron chi connectivity index (χ1n) is 7.86. The van der Waals surface area contributed by atoms with Crippen molar-refractivity contribution in [2.75, 3.05) is 6.54 Å². The third-order valence-corrected chi connectivity index (χ3v) is 4.19. The topological polar surface area (TPSA) is 61.4 Å². The Hall–Kier alpha value is -1.55. The van der Waals surface area contributed by atoms with Crippen LogP contribution in [0.25, 0.3) is 0 Å². The van der Waals surface area contributed by atoms with Gasteiger partial charge in [0.1, 0.15) is 5.75 Å². The molecule has 0 saturated carbocycles. The van der Waals surface area contributed by atoms with E-state index in [1.165, 1.54) is 5.56 Å². The number of nitrogens with one attached hydrogen (secondary N) is 2. The van der Waals surface area contributed by atoms with Gasteiger partial charge < -0.3 is 15.7 Å². The van der Waals surface area contributed by atoms with Gasteiger partial charge in [0.05, 0.1) is 0 Å². The minimum atomic E-state index is 0.150. The van der Waals surface area contributed by atoms with Crippen LogP contribution in [0.2, 0.25) is 0 Å². The van der Waals surface area contributed by atoms with Crippen molar-refractivity contribution in [1.82, 2.24) is 10.6 Å². The van der Waals surface area contributed by atoms with Crippen LogP contribution in [-0.4, -0.2) is 29.6 Å². The number of rotatable bonds is 5. The second kappa shape index (κ2) is 7.46. The van der Waals surface area contributed by atoms with E-state index in [9.17, 15) is 9.90 Å². The van der Waals surface area contributed by atoms with Crippen LogP contribution in [0, 0.1) is 5.92 Å². The lowest BCUT2D eigenvalue weighted by Crippen LogP contribution is -2.44. The van der Waals surface area contributed by atoms with Gasteiger partial charge in [-0.2, -0.15) is 0 Å². The van der Waals surface area contributed by atoms with Crippen LogP contribution in [0.15, 0.2) is 24.3 Å². The van der Waals surface area contributed by atoms with E-state index in [1.54, 1.807) is 12.1 Å². The summed E-state index contributed by atoms with van der Waals surface area (Å²) in [5.41, 5.74) is 1.18. The summed E-state index contributed by atoms with van der Waals surface area (Å²) in [4.78, 5) is 12.2. The average molecular weight is 290 g/mol. The molecule has 1 aromatic carbocycles. The van der Waals surface area contributed by atoms with Crippen molar-refractivity contribution in [3.63, 3.8) is 0 Å². The smallest absolute Gasteiger partial charge is 0.223 e. The molecule has 116 valence electrons. The van der Waals surface area contributed by atoms with Crippen LogP contribution in [0.4, 0.5) is 0 Å². The van der Waals surface area contributed by atoms with Crippen LogP contribution in [0.5, 0.6) is 5.75 Å². The zero-order chi connectivity index (χ0) is 15.2. The summed E-state index contributed by atoms with van der Waals surface area (Å²) < 4.78 is 0. The first-order chi connectivity index (χ1) is 10.0. The fraction of sp³-hybridized carbons (Fsp3) is 0.588. The molecule has 1 amide bonds. The average Bonchev–Trinajstić information content (AvgIpc) is 2.46. The van der Waals surface area contributed by atoms with Gasteiger partial charge in [0, 0.05) is 18.0 Å². The predicted octanol–water partition coefficient (Wildman–Crippen LogP) is 2.22. The number of amides is 1. The van der Waals surface area contributed by atoms with Crippen LogP contribution >= 0.6 is 0 Å². The Bertz CT molecular complexity index is 458. The number of phenols is 1. The molecule has 4 nitrogen and oxygen atoms in total. The molecule has 0 aromatic heterocycles. The van der Waals surface area contributed by atoms with Crippen molar-refractivity contribution in [3.8, 4) is 5.75 Å². The first-order valence-corrected chi connectivity index (χ1v) is 7.86. The van der Waals surface area contributed by atoms with E-state index < -0.39 is 0 Å². The Morgan fingerprint density at radius 2 is 2.14 bits per heavy atom. The lowest BCUT2D eigenvalue weighted by molar-refractivity contribution is -0.126. The van der Waals surface area contributed by atoms with Crippen molar-refractivity contribution in [2.24, 2.45) is 5.92 Å². The number of benzene rings is 1. The summed E-state index contributed by atoms with van der Waals surface area (Å²) in [5.74, 6) is 0.638. The summed E-state index contributed by atoms with van der Waals surface area (Å²) in [7, 11) is 0. The maximum Gasteiger partial charge on any atom is 0.223 e. The number of phenolic OH excluding ortho intramolecular Hbond substituents is 1. The van der Waals surface area contributed by atoms with E-state index in [0.29, 0.717) is 11.8 Å². The Balaban J connectivity index is 1.74. The van der Waals surface area contributed by atoms with Crippen LogP contribution in [0.3, 0.4) is 0 Å². The van der Waals surface area contributed by atoms with Crippen LogP contribution < -0.4 is 10.6 Å². The Morgan fingerprint density at radius 3 is 2.81 bits per heavy atom. The van der Waals surface area contributed by atoms with Gasteiger partial charge in [-0.1, -0.05) is 12.1 Å². The Morgan fingerprint density at radius 1 is 1.43 bits per heavy atom. The molecule has 1 aliphatic rings. The van der Waals surface area contributed by atoms with Gasteiger partial charge in [-0.25, -0.2) is 0 Å². The minimum Gasteiger partial charge on any atom is -0.508 e. The highest BCUT2D eigenvalue weighted by Gasteiger charge is 2.25. The third-order valence-electron chi connectivity index (χ3n) is 4.19. The second-order valence-electron chi connectivity index (χ2n) is 6.19. The zero-order valence-electron chi connectivity index (χ0n) is 12.9. The van der Waals surface area contributed by atoms with Gasteiger partial charge in [-0.15, -0.1) is 0 Å². The van der Waals surface area contributed by atoms with Gasteiger partial charge in [0.2, 0.25) is 5.91 Å². The predicted molar refractivity (Wildman–Crippen MR) is 84.2 cm³/mol. The Labute approximate surface area is 126 Å². The highest BCUT2D eigenvalue weighted by Crippen LogP contribution is 2.17. The maximum atomic E-state index is 12.2. The standard InChI is InChI=1S/C17H26N2O2/c1-12(3-4-14-5-7-16(20)8-6-14)19-17(21)15-9-10-18-13(2)11-15/h5-8,12-13,15,18,20H,3-4,9-11H2,1-2H3,(H,19,21)/t12-,13+,15+/m1/s1. The summed E-state index contributed by atoms with van der Waals surface area (Å²) in [6, 6.07) is 7.87. The number of hydrogen-bond acceptors (Lipinski definition) is 3. The highest BCUT2D eigenvalue weighted by molar-refractivity contribution is 5.79. The van der Waals surface area contributed by atoms with Gasteiger partial charge in [-0.3, -0.25) is 4.79 Å². The van der Waals surface area contributed by atoms with E-state index in [-0.39, 0.29) is 17.9 Å². The molecule has 1 aromatic rings. The lowest BCUT2D eigenvalue weighted by Gasteiger charge is -2.28. The summed E-state index contributed by atoms with van der Waals surface area (Å²) in [6.45, 7) is 5.12. The number of hydrogen-bond donors (Lipinski definition) is 3. The first kappa shape index (κ1) is 15.8. The fourth-order valence-corrected chi connectivity index (χ4v) is 2.85. The van der Waals surface area contributed by atoms with Crippen molar-refractivity contribution in [1.29, 1.82) is 0 Å². The number of carbonyl (C=O) groups excluding carboxylic acids is 1. The number of piperidine rings is 1. The van der Waals surface area contributed by atoms with Gasteiger partial charge >= 0.3 is 0 Å². The molecule has 4 heteroatoms. The summed E-state index contributed by atoms with van der Waals surface area (Å²) >= 11 is 0. The number of aryl methyl sites for hydroxylation is 1. The molecular formula is C17H26N2O2. The van der Waals surface area contributed by atoms with Gasteiger partial charge in [0.15, 0.2) is 0 Å². The molecule has 0 aliphatic carbocycles. The normalized spacial score (nSPS) is 23.5. The molecule has 21 heavy (non-hydrogen) atoms. The summed E-state index contributed by atoms with van der Waals surface area (Å²) in [6.07, 6.45) is 3.68. The second-order valence-corrected chi connectivity index (χ2v) is 6.19. The molecule has 3 N–H and O–H groups in total. The molecule has 1 heterocycles. The highest BCUT2D eigenvalue weighted by atomic mass is 16.3. The molecule has 0 bridgehead atoms. The molecule has 2 rings (SSSR count). The quantitative estimate of drug-likeness (QED) is 0.779. The van der Waals surface area contributed by atoms with Crippen molar-refractivity contribution >= 4 is 5.91 Å². The fourth-order valence-electron chi connectivity index (χ4n) is 2.85. The van der Waals surface area contributed by atoms with E-state index in [2.05, 4.69) is 24.5 Å². The van der Waals surface area contributed by atoms with Gasteiger partial charge in [-0.05, 0) is 63.8 Å². The van der Waals surface area contributed by atoms with E-state index in [4.69, 9.17) is 0 Å². The molecule has 1 saturated heterocycles. The van der Waals surface area contributed by atoms with Crippen molar-refractivity contribution in [3.05, 3.63) is 29.8 Å². The van der Waals surface area contributed by atoms with E-state index in [0.717, 1.165) is 32.2 Å². The largest absolute Gasteiger partial charge is 0.508 e. The lowest BCUT2D eigenvalue weighted by atomic mass is 9.92. The third kappa shape index (κ3) is 5.05. The van der Waals surface area contributed by atoms with E-state index in [1.807, 2.05) is 12.1 Å². The maximum absolute atomic E-state index is 12.2. The molecule has 0 radical (unpaired) electrons. The van der Waals surface area contributed by atoms with Gasteiger partial charge in [0.25, 0.3) is 0 Å². The molecule has 1 fully saturated rings.